The summed E-state index contributed by atoms with van der Waals surface area (Å²) in [6, 6.07) is 3.65. The fraction of sp³-hybridized carbons (Fsp3) is 0.571. The third-order valence-corrected chi connectivity index (χ3v) is 4.04. The Labute approximate surface area is 117 Å². The van der Waals surface area contributed by atoms with E-state index in [0.717, 1.165) is 36.5 Å². The minimum Gasteiger partial charge on any atom is -0.339 e. The molecule has 1 aromatic rings. The Kier molecular flexibility index (Phi) is 4.75. The number of pyridine rings is 1. The fourth-order valence-electron chi connectivity index (χ4n) is 2.52. The lowest BCUT2D eigenvalue weighted by Crippen LogP contribution is -2.38. The molecule has 0 bridgehead atoms. The Morgan fingerprint density at radius 3 is 2.72 bits per heavy atom. The van der Waals surface area contributed by atoms with Gasteiger partial charge in [-0.25, -0.2) is 4.98 Å². The molecule has 1 aromatic heterocycles. The summed E-state index contributed by atoms with van der Waals surface area (Å²) >= 11 is 3.28. The highest BCUT2D eigenvalue weighted by Crippen LogP contribution is 2.22. The van der Waals surface area contributed by atoms with Crippen LogP contribution in [0.5, 0.6) is 0 Å². The molecule has 2 rings (SSSR count). The second-order valence-corrected chi connectivity index (χ2v) is 5.71. The molecule has 98 valence electrons. The van der Waals surface area contributed by atoms with E-state index in [4.69, 9.17) is 0 Å². The van der Waals surface area contributed by atoms with E-state index in [-0.39, 0.29) is 5.91 Å². The van der Waals surface area contributed by atoms with E-state index in [9.17, 15) is 4.79 Å². The first-order valence-corrected chi connectivity index (χ1v) is 7.41. The van der Waals surface area contributed by atoms with Gasteiger partial charge in [0.2, 0.25) is 0 Å². The van der Waals surface area contributed by atoms with Gasteiger partial charge in [-0.15, -0.1) is 0 Å². The fourth-order valence-corrected chi connectivity index (χ4v) is 2.75. The highest BCUT2D eigenvalue weighted by molar-refractivity contribution is 9.10. The van der Waals surface area contributed by atoms with Crippen molar-refractivity contribution < 1.29 is 4.79 Å². The number of piperidine rings is 1. The van der Waals surface area contributed by atoms with Crippen molar-refractivity contribution in [2.75, 3.05) is 13.1 Å². The first-order chi connectivity index (χ1) is 8.70. The highest BCUT2D eigenvalue weighted by atomic mass is 79.9. The zero-order valence-electron chi connectivity index (χ0n) is 10.7. The van der Waals surface area contributed by atoms with Crippen LogP contribution in [0.4, 0.5) is 0 Å². The molecule has 0 saturated carbocycles. The lowest BCUT2D eigenvalue weighted by atomic mass is 9.92. The summed E-state index contributed by atoms with van der Waals surface area (Å²) in [5, 5.41) is 0. The summed E-state index contributed by atoms with van der Waals surface area (Å²) in [5.74, 6) is 0.923. The van der Waals surface area contributed by atoms with Gasteiger partial charge in [-0.3, -0.25) is 4.79 Å². The minimum absolute atomic E-state index is 0.116. The molecule has 0 N–H and O–H groups in total. The molecule has 1 aliphatic heterocycles. The molecule has 0 radical (unpaired) electrons. The monoisotopic (exact) mass is 310 g/mol. The van der Waals surface area contributed by atoms with Gasteiger partial charge < -0.3 is 4.90 Å². The molecule has 4 heteroatoms. The van der Waals surface area contributed by atoms with Crippen LogP contribution in [-0.2, 0) is 0 Å². The maximum Gasteiger partial charge on any atom is 0.255 e. The van der Waals surface area contributed by atoms with Crippen molar-refractivity contribution in [3.63, 3.8) is 0 Å². The molecule has 3 nitrogen and oxygen atoms in total. The van der Waals surface area contributed by atoms with Gasteiger partial charge in [0.05, 0.1) is 5.56 Å². The molecule has 1 aliphatic rings. The number of carbonyl (C=O) groups is 1. The third kappa shape index (κ3) is 3.31. The molecule has 0 aliphatic carbocycles. The maximum absolute atomic E-state index is 12.2. The van der Waals surface area contributed by atoms with Crippen LogP contribution in [0, 0.1) is 5.92 Å². The second-order valence-electron chi connectivity index (χ2n) is 4.89. The largest absolute Gasteiger partial charge is 0.339 e. The van der Waals surface area contributed by atoms with E-state index >= 15 is 0 Å². The van der Waals surface area contributed by atoms with E-state index < -0.39 is 0 Å². The Balaban J connectivity index is 1.93. The van der Waals surface area contributed by atoms with Crippen molar-refractivity contribution in [3.8, 4) is 0 Å². The van der Waals surface area contributed by atoms with Crippen LogP contribution < -0.4 is 0 Å². The van der Waals surface area contributed by atoms with Gasteiger partial charge in [0.1, 0.15) is 4.60 Å². The normalized spacial score (nSPS) is 16.9. The average Bonchev–Trinajstić information content (AvgIpc) is 2.40. The molecule has 1 saturated heterocycles. The van der Waals surface area contributed by atoms with Crippen molar-refractivity contribution in [2.45, 2.75) is 32.6 Å². The lowest BCUT2D eigenvalue weighted by Gasteiger charge is -2.31. The van der Waals surface area contributed by atoms with Crippen LogP contribution in [0.1, 0.15) is 43.0 Å². The van der Waals surface area contributed by atoms with Crippen molar-refractivity contribution in [2.24, 2.45) is 5.92 Å². The van der Waals surface area contributed by atoms with Gasteiger partial charge in [0, 0.05) is 19.3 Å². The van der Waals surface area contributed by atoms with Crippen LogP contribution in [-0.4, -0.2) is 28.9 Å². The highest BCUT2D eigenvalue weighted by Gasteiger charge is 2.23. The third-order valence-electron chi connectivity index (χ3n) is 3.57. The van der Waals surface area contributed by atoms with Crippen molar-refractivity contribution >= 4 is 21.8 Å². The number of rotatable bonds is 3. The molecule has 1 amide bonds. The number of carbonyl (C=O) groups excluding carboxylic acids is 1. The van der Waals surface area contributed by atoms with E-state index in [1.807, 2.05) is 17.0 Å². The van der Waals surface area contributed by atoms with Crippen molar-refractivity contribution in [1.29, 1.82) is 0 Å². The van der Waals surface area contributed by atoms with E-state index in [0.29, 0.717) is 5.56 Å². The number of hydrogen-bond donors (Lipinski definition) is 0. The molecule has 18 heavy (non-hydrogen) atoms. The summed E-state index contributed by atoms with van der Waals surface area (Å²) < 4.78 is 0.765. The van der Waals surface area contributed by atoms with E-state index in [1.54, 1.807) is 6.20 Å². The predicted molar refractivity (Wildman–Crippen MR) is 75.5 cm³/mol. The standard InChI is InChI=1S/C14H19BrN2O/c1-2-3-11-6-8-17(9-7-11)14(18)12-4-5-13(15)16-10-12/h4-5,10-11H,2-3,6-9H2,1H3. The van der Waals surface area contributed by atoms with Gasteiger partial charge in [-0.05, 0) is 46.8 Å². The Morgan fingerprint density at radius 2 is 2.17 bits per heavy atom. The van der Waals surface area contributed by atoms with Crippen molar-refractivity contribution in [3.05, 3.63) is 28.5 Å². The Bertz CT molecular complexity index is 397. The number of halogens is 1. The summed E-state index contributed by atoms with van der Waals surface area (Å²) in [6.45, 7) is 4.00. The van der Waals surface area contributed by atoms with Gasteiger partial charge in [-0.1, -0.05) is 19.8 Å². The minimum atomic E-state index is 0.116. The number of aromatic nitrogens is 1. The summed E-state index contributed by atoms with van der Waals surface area (Å²) in [6.07, 6.45) is 6.47. The predicted octanol–water partition coefficient (Wildman–Crippen LogP) is 3.50. The van der Waals surface area contributed by atoms with Crippen LogP contribution in [0.15, 0.2) is 22.9 Å². The zero-order chi connectivity index (χ0) is 13.0. The molecule has 0 aromatic carbocycles. The zero-order valence-corrected chi connectivity index (χ0v) is 12.3. The molecule has 1 fully saturated rings. The molecule has 2 heterocycles. The number of likely N-dealkylation sites (tertiary alicyclic amines) is 1. The number of hydrogen-bond acceptors (Lipinski definition) is 2. The summed E-state index contributed by atoms with van der Waals surface area (Å²) in [4.78, 5) is 18.3. The van der Waals surface area contributed by atoms with Crippen LogP contribution in [0.3, 0.4) is 0 Å². The van der Waals surface area contributed by atoms with Gasteiger partial charge in [0.25, 0.3) is 5.91 Å². The van der Waals surface area contributed by atoms with Crippen LogP contribution in [0.25, 0.3) is 0 Å². The summed E-state index contributed by atoms with van der Waals surface area (Å²) in [5.41, 5.74) is 0.687. The smallest absolute Gasteiger partial charge is 0.255 e. The molecular formula is C14H19BrN2O. The second kappa shape index (κ2) is 6.32. The molecule has 0 spiro atoms. The Morgan fingerprint density at radius 1 is 1.44 bits per heavy atom. The number of nitrogens with zero attached hydrogens (tertiary/aromatic N) is 2. The van der Waals surface area contributed by atoms with Crippen LogP contribution in [0.2, 0.25) is 0 Å². The Hall–Kier alpha value is -0.900. The quantitative estimate of drug-likeness (QED) is 0.801. The number of amides is 1. The molecular weight excluding hydrogens is 292 g/mol. The van der Waals surface area contributed by atoms with E-state index in [2.05, 4.69) is 27.8 Å². The lowest BCUT2D eigenvalue weighted by molar-refractivity contribution is 0.0686. The van der Waals surface area contributed by atoms with Gasteiger partial charge in [-0.2, -0.15) is 0 Å². The molecule has 0 unspecified atom stereocenters. The van der Waals surface area contributed by atoms with Gasteiger partial charge >= 0.3 is 0 Å². The van der Waals surface area contributed by atoms with E-state index in [1.165, 1.54) is 12.8 Å². The summed E-state index contributed by atoms with van der Waals surface area (Å²) in [7, 11) is 0. The first-order valence-electron chi connectivity index (χ1n) is 6.61. The molecule has 0 atom stereocenters. The van der Waals surface area contributed by atoms with Crippen molar-refractivity contribution in [1.82, 2.24) is 9.88 Å². The van der Waals surface area contributed by atoms with Gasteiger partial charge in [0.15, 0.2) is 0 Å². The maximum atomic E-state index is 12.2. The average molecular weight is 311 g/mol. The topological polar surface area (TPSA) is 33.2 Å². The first kappa shape index (κ1) is 13.5. The SMILES string of the molecule is CCCC1CCN(C(=O)c2ccc(Br)nc2)CC1. The van der Waals surface area contributed by atoms with Crippen LogP contribution >= 0.6 is 15.9 Å².